The minimum atomic E-state index is -3.81. The maximum atomic E-state index is 12.9. The van der Waals surface area contributed by atoms with Crippen molar-refractivity contribution in [1.29, 1.82) is 0 Å². The van der Waals surface area contributed by atoms with E-state index in [4.69, 9.17) is 4.42 Å². The zero-order valence-corrected chi connectivity index (χ0v) is 15.8. The Bertz CT molecular complexity index is 1350. The summed E-state index contributed by atoms with van der Waals surface area (Å²) in [6, 6.07) is 9.90. The first-order valence-corrected chi connectivity index (χ1v) is 9.72. The second-order valence-electron chi connectivity index (χ2n) is 6.58. The molecule has 1 N–H and O–H groups in total. The summed E-state index contributed by atoms with van der Waals surface area (Å²) < 4.78 is 35.3. The van der Waals surface area contributed by atoms with Gasteiger partial charge in [0.15, 0.2) is 5.52 Å². The van der Waals surface area contributed by atoms with Gasteiger partial charge in [0.1, 0.15) is 5.58 Å². The average Bonchev–Trinajstić information content (AvgIpc) is 2.96. The molecule has 0 spiro atoms. The van der Waals surface area contributed by atoms with Crippen LogP contribution in [0.15, 0.2) is 56.8 Å². The topological polar surface area (TPSA) is 94.2 Å². The van der Waals surface area contributed by atoms with Crippen molar-refractivity contribution >= 4 is 37.7 Å². The van der Waals surface area contributed by atoms with Gasteiger partial charge in [-0.05, 0) is 55.3 Å². The van der Waals surface area contributed by atoms with Gasteiger partial charge in [-0.1, -0.05) is 6.07 Å². The number of hydrogen-bond donors (Lipinski definition) is 1. The molecule has 8 heteroatoms. The van der Waals surface area contributed by atoms with Gasteiger partial charge in [0.05, 0.1) is 16.7 Å². The highest BCUT2D eigenvalue weighted by atomic mass is 32.2. The smallest absolute Gasteiger partial charge is 0.364 e. The Morgan fingerprint density at radius 1 is 1.07 bits per heavy atom. The van der Waals surface area contributed by atoms with Crippen LogP contribution in [0, 0.1) is 13.8 Å². The van der Waals surface area contributed by atoms with Crippen LogP contribution in [0.1, 0.15) is 11.1 Å². The normalized spacial score (nSPS) is 12.0. The Kier molecular flexibility index (Phi) is 3.81. The van der Waals surface area contributed by atoms with Crippen LogP contribution in [-0.4, -0.2) is 18.0 Å². The van der Waals surface area contributed by atoms with Crippen molar-refractivity contribution in [2.45, 2.75) is 18.7 Å². The lowest BCUT2D eigenvalue weighted by Gasteiger charge is -2.11. The fourth-order valence-corrected chi connectivity index (χ4v) is 4.31. The van der Waals surface area contributed by atoms with Gasteiger partial charge in [0, 0.05) is 18.1 Å². The van der Waals surface area contributed by atoms with E-state index < -0.39 is 15.6 Å². The molecule has 2 aromatic carbocycles. The second kappa shape index (κ2) is 5.95. The molecule has 0 saturated carbocycles. The van der Waals surface area contributed by atoms with Crippen LogP contribution in [0.4, 0.5) is 5.69 Å². The molecule has 4 rings (SSSR count). The number of aromatic nitrogens is 2. The number of nitrogens with zero attached hydrogens (tertiary/aromatic N) is 2. The lowest BCUT2D eigenvalue weighted by Crippen LogP contribution is -2.13. The van der Waals surface area contributed by atoms with Crippen LogP contribution < -0.4 is 10.3 Å². The van der Waals surface area contributed by atoms with Gasteiger partial charge in [0.2, 0.25) is 0 Å². The van der Waals surface area contributed by atoms with Gasteiger partial charge in [-0.25, -0.2) is 18.2 Å². The highest BCUT2D eigenvalue weighted by Crippen LogP contribution is 2.26. The van der Waals surface area contributed by atoms with E-state index in [1.54, 1.807) is 23.7 Å². The molecule has 0 bridgehead atoms. The predicted octanol–water partition coefficient (Wildman–Crippen LogP) is 3.10. The van der Waals surface area contributed by atoms with Crippen molar-refractivity contribution in [2.75, 3.05) is 4.72 Å². The van der Waals surface area contributed by atoms with Gasteiger partial charge in [0.25, 0.3) is 10.0 Å². The Morgan fingerprint density at radius 3 is 2.48 bits per heavy atom. The van der Waals surface area contributed by atoms with Crippen molar-refractivity contribution in [1.82, 2.24) is 9.55 Å². The van der Waals surface area contributed by atoms with Crippen LogP contribution in [0.5, 0.6) is 0 Å². The highest BCUT2D eigenvalue weighted by molar-refractivity contribution is 7.92. The average molecular weight is 383 g/mol. The molecule has 0 aliphatic heterocycles. The van der Waals surface area contributed by atoms with Crippen molar-refractivity contribution in [3.63, 3.8) is 0 Å². The number of sulfonamides is 1. The molecule has 0 amide bonds. The van der Waals surface area contributed by atoms with Crippen molar-refractivity contribution in [2.24, 2.45) is 7.05 Å². The molecule has 7 nitrogen and oxygen atoms in total. The minimum Gasteiger partial charge on any atom is -0.421 e. The van der Waals surface area contributed by atoms with E-state index in [1.165, 1.54) is 24.5 Å². The van der Waals surface area contributed by atoms with Gasteiger partial charge >= 0.3 is 5.63 Å². The van der Waals surface area contributed by atoms with Gasteiger partial charge in [-0.3, -0.25) is 4.72 Å². The summed E-state index contributed by atoms with van der Waals surface area (Å²) in [5, 5.41) is 0.507. The molecule has 4 aromatic rings. The molecule has 0 unspecified atom stereocenters. The van der Waals surface area contributed by atoms with Crippen LogP contribution in [-0.2, 0) is 17.1 Å². The molecule has 0 aliphatic carbocycles. The monoisotopic (exact) mass is 383 g/mol. The third kappa shape index (κ3) is 2.97. The molecular weight excluding hydrogens is 366 g/mol. The summed E-state index contributed by atoms with van der Waals surface area (Å²) >= 11 is 0. The summed E-state index contributed by atoms with van der Waals surface area (Å²) in [5.41, 5.74) is 2.88. The maximum Gasteiger partial charge on any atom is 0.364 e. The van der Waals surface area contributed by atoms with E-state index in [0.29, 0.717) is 22.2 Å². The first-order valence-electron chi connectivity index (χ1n) is 8.23. The number of aryl methyl sites for hydroxylation is 3. The van der Waals surface area contributed by atoms with E-state index in [1.807, 2.05) is 19.9 Å². The van der Waals surface area contributed by atoms with Gasteiger partial charge < -0.3 is 8.98 Å². The highest BCUT2D eigenvalue weighted by Gasteiger charge is 2.18. The molecule has 0 radical (unpaired) electrons. The molecule has 138 valence electrons. The lowest BCUT2D eigenvalue weighted by molar-refractivity contribution is 0.567. The summed E-state index contributed by atoms with van der Waals surface area (Å²) in [4.78, 5) is 16.1. The largest absolute Gasteiger partial charge is 0.421 e. The molecule has 0 saturated heterocycles. The van der Waals surface area contributed by atoms with Crippen molar-refractivity contribution in [3.8, 4) is 0 Å². The molecule has 2 aromatic heterocycles. The number of hydrogen-bond acceptors (Lipinski definition) is 5. The summed E-state index contributed by atoms with van der Waals surface area (Å²) in [5.74, 6) is 0. The molecule has 0 fully saturated rings. The fourth-order valence-electron chi connectivity index (χ4n) is 3.24. The molecule has 0 aliphatic rings. The third-order valence-corrected chi connectivity index (χ3v) is 5.70. The number of fused-ring (bicyclic) bond motifs is 3. The Morgan fingerprint density at radius 2 is 1.78 bits per heavy atom. The Balaban J connectivity index is 1.88. The van der Waals surface area contributed by atoms with E-state index in [0.717, 1.165) is 11.1 Å². The first-order chi connectivity index (χ1) is 12.7. The number of rotatable bonds is 3. The number of imidazole rings is 1. The Labute approximate surface area is 155 Å². The van der Waals surface area contributed by atoms with Crippen LogP contribution in [0.25, 0.3) is 22.0 Å². The lowest BCUT2D eigenvalue weighted by atomic mass is 10.1. The van der Waals surface area contributed by atoms with E-state index in [-0.39, 0.29) is 10.4 Å². The summed E-state index contributed by atoms with van der Waals surface area (Å²) in [6.07, 6.45) is 1.50. The molecular formula is C19H17N3O4S. The second-order valence-corrected chi connectivity index (χ2v) is 8.26. The Hall–Kier alpha value is -3.13. The fraction of sp³-hybridized carbons (Fsp3) is 0.158. The SMILES string of the molecule is Cc1cc(C)cc(NS(=O)(=O)c2ccc3oc(=O)c4ncn(C)c4c3c2)c1. The zero-order valence-electron chi connectivity index (χ0n) is 15.0. The van der Waals surface area contributed by atoms with Crippen LogP contribution in [0.2, 0.25) is 0 Å². The van der Waals surface area contributed by atoms with Crippen LogP contribution >= 0.6 is 0 Å². The summed E-state index contributed by atoms with van der Waals surface area (Å²) in [6.45, 7) is 3.81. The number of nitrogens with one attached hydrogen (secondary N) is 1. The standard InChI is InChI=1S/C19H17N3O4S/c1-11-6-12(2)8-13(7-11)21-27(24,25)14-4-5-16-15(9-14)18-17(19(23)26-16)20-10-22(18)3/h4-10,21H,1-3H3. The van der Waals surface area contributed by atoms with E-state index in [2.05, 4.69) is 9.71 Å². The van der Waals surface area contributed by atoms with Crippen molar-refractivity contribution < 1.29 is 12.8 Å². The quantitative estimate of drug-likeness (QED) is 0.549. The molecule has 2 heterocycles. The summed E-state index contributed by atoms with van der Waals surface area (Å²) in [7, 11) is -2.07. The number of anilines is 1. The zero-order chi connectivity index (χ0) is 19.3. The van der Waals surface area contributed by atoms with E-state index >= 15 is 0 Å². The maximum absolute atomic E-state index is 12.9. The first kappa shape index (κ1) is 17.3. The van der Waals surface area contributed by atoms with Crippen LogP contribution in [0.3, 0.4) is 0 Å². The van der Waals surface area contributed by atoms with Gasteiger partial charge in [-0.2, -0.15) is 0 Å². The predicted molar refractivity (Wildman–Crippen MR) is 103 cm³/mol. The molecule has 0 atom stereocenters. The number of benzene rings is 2. The van der Waals surface area contributed by atoms with Crippen molar-refractivity contribution in [3.05, 3.63) is 64.3 Å². The minimum absolute atomic E-state index is 0.0745. The van der Waals surface area contributed by atoms with Gasteiger partial charge in [-0.15, -0.1) is 0 Å². The molecule has 27 heavy (non-hydrogen) atoms. The van der Waals surface area contributed by atoms with E-state index in [9.17, 15) is 13.2 Å². The third-order valence-electron chi connectivity index (χ3n) is 4.32.